The number of carbonyl (C=O) groups excluding carboxylic acids is 1. The highest BCUT2D eigenvalue weighted by atomic mass is 16.1. The maximum atomic E-state index is 13.2. The Morgan fingerprint density at radius 2 is 1.32 bits per heavy atom. The van der Waals surface area contributed by atoms with Crippen molar-refractivity contribution >= 4 is 29.3 Å². The Bertz CT molecular complexity index is 1000. The molecule has 0 spiro atoms. The predicted octanol–water partition coefficient (Wildman–Crippen LogP) is 8.21. The van der Waals surface area contributed by atoms with E-state index in [0.29, 0.717) is 17.3 Å². The molecule has 0 saturated heterocycles. The van der Waals surface area contributed by atoms with Gasteiger partial charge >= 0.3 is 0 Å². The summed E-state index contributed by atoms with van der Waals surface area (Å²) in [5, 5.41) is 7.18. The largest absolute Gasteiger partial charge is 0.289 e. The van der Waals surface area contributed by atoms with Gasteiger partial charge in [-0.15, -0.1) is 0 Å². The number of allylic oxidation sites excluding steroid dienone is 2. The van der Waals surface area contributed by atoms with Gasteiger partial charge in [0.1, 0.15) is 0 Å². The van der Waals surface area contributed by atoms with Crippen LogP contribution in [-0.2, 0) is 4.79 Å². The maximum absolute atomic E-state index is 13.2. The fourth-order valence-electron chi connectivity index (χ4n) is 3.81. The smallest absolute Gasteiger partial charge is 0.185 e. The van der Waals surface area contributed by atoms with E-state index in [1.807, 2.05) is 36.4 Å². The molecule has 2 aromatic rings. The zero-order chi connectivity index (χ0) is 22.1. The highest BCUT2D eigenvalue weighted by Crippen LogP contribution is 2.35. The van der Waals surface area contributed by atoms with E-state index in [1.54, 1.807) is 24.3 Å². The van der Waals surface area contributed by atoms with E-state index in [4.69, 9.17) is 11.1 Å². The molecule has 7 nitrogen and oxygen atoms in total. The molecule has 0 heterocycles. The van der Waals surface area contributed by atoms with Gasteiger partial charge < -0.3 is 0 Å². The van der Waals surface area contributed by atoms with E-state index in [9.17, 15) is 4.79 Å². The van der Waals surface area contributed by atoms with Crippen LogP contribution in [0.15, 0.2) is 69.9 Å². The molecule has 1 fully saturated rings. The van der Waals surface area contributed by atoms with Crippen molar-refractivity contribution in [2.75, 3.05) is 0 Å². The van der Waals surface area contributed by atoms with Gasteiger partial charge in [-0.05, 0) is 59.5 Å². The van der Waals surface area contributed by atoms with Crippen molar-refractivity contribution in [1.82, 2.24) is 0 Å². The highest BCUT2D eigenvalue weighted by Gasteiger charge is 2.27. The molecule has 0 aliphatic heterocycles. The van der Waals surface area contributed by atoms with Crippen LogP contribution in [0.5, 0.6) is 0 Å². The maximum Gasteiger partial charge on any atom is 0.185 e. The Balaban J connectivity index is 1.90. The number of unbranched alkanes of at least 4 members (excludes halogenated alkanes) is 1. The van der Waals surface area contributed by atoms with Gasteiger partial charge in [0.05, 0.1) is 0 Å². The van der Waals surface area contributed by atoms with Gasteiger partial charge in [0, 0.05) is 32.3 Å². The van der Waals surface area contributed by atoms with Gasteiger partial charge in [0.15, 0.2) is 5.78 Å². The number of azide groups is 2. The van der Waals surface area contributed by atoms with Crippen molar-refractivity contribution in [1.29, 1.82) is 0 Å². The summed E-state index contributed by atoms with van der Waals surface area (Å²) < 4.78 is 0. The topological polar surface area (TPSA) is 115 Å². The molecular formula is C24H24N6O. The summed E-state index contributed by atoms with van der Waals surface area (Å²) in [5.41, 5.74) is 21.6. The lowest BCUT2D eigenvalue weighted by Crippen LogP contribution is -2.20. The molecule has 0 unspecified atom stereocenters. The first-order chi connectivity index (χ1) is 15.1. The number of hydrogen-bond donors (Lipinski definition) is 0. The second-order valence-electron chi connectivity index (χ2n) is 7.65. The highest BCUT2D eigenvalue weighted by molar-refractivity contribution is 6.14. The predicted molar refractivity (Wildman–Crippen MR) is 124 cm³/mol. The summed E-state index contributed by atoms with van der Waals surface area (Å²) in [6.45, 7) is 2.18. The van der Waals surface area contributed by atoms with Crippen LogP contribution >= 0.6 is 0 Å². The summed E-state index contributed by atoms with van der Waals surface area (Å²) in [6, 6.07) is 14.4. The molecule has 2 aromatic carbocycles. The Labute approximate surface area is 181 Å². The number of rotatable bonds is 7. The fourth-order valence-corrected chi connectivity index (χ4v) is 3.81. The molecular weight excluding hydrogens is 388 g/mol. The molecule has 3 rings (SSSR count). The minimum atomic E-state index is 0.0750. The third kappa shape index (κ3) is 6.09. The molecule has 1 aliphatic rings. The molecule has 0 bridgehead atoms. The van der Waals surface area contributed by atoms with E-state index in [-0.39, 0.29) is 5.78 Å². The van der Waals surface area contributed by atoms with Crippen molar-refractivity contribution in [3.8, 4) is 0 Å². The third-order valence-electron chi connectivity index (χ3n) is 5.35. The number of Topliss-reactive ketones (excluding diaryl/α,β-unsaturated/α-hetero) is 1. The third-order valence-corrected chi connectivity index (χ3v) is 5.35. The molecule has 0 aromatic heterocycles. The standard InChI is InChI=1S/C24H24N6O/c1-2-3-4-19-15-20(13-17-5-9-22(10-6-17)27-29-25)24(31)21(16-19)14-18-7-11-23(12-8-18)28-30-26/h5-14,19H,2-4,15-16H2,1H3. The van der Waals surface area contributed by atoms with Crippen LogP contribution in [0.25, 0.3) is 33.0 Å². The summed E-state index contributed by atoms with van der Waals surface area (Å²) >= 11 is 0. The average molecular weight is 412 g/mol. The van der Waals surface area contributed by atoms with E-state index in [2.05, 4.69) is 27.0 Å². The Morgan fingerprint density at radius 1 is 0.871 bits per heavy atom. The average Bonchev–Trinajstić information content (AvgIpc) is 2.78. The van der Waals surface area contributed by atoms with E-state index in [0.717, 1.165) is 54.4 Å². The summed E-state index contributed by atoms with van der Waals surface area (Å²) in [7, 11) is 0. The molecule has 0 atom stereocenters. The van der Waals surface area contributed by atoms with Crippen molar-refractivity contribution in [3.05, 3.63) is 91.7 Å². The van der Waals surface area contributed by atoms with Gasteiger partial charge in [-0.3, -0.25) is 4.79 Å². The lowest BCUT2D eigenvalue weighted by molar-refractivity contribution is -0.113. The van der Waals surface area contributed by atoms with Crippen molar-refractivity contribution < 1.29 is 4.79 Å². The zero-order valence-electron chi connectivity index (χ0n) is 17.5. The molecule has 0 amide bonds. The van der Waals surface area contributed by atoms with Crippen LogP contribution in [0.3, 0.4) is 0 Å². The number of ketones is 1. The normalized spacial score (nSPS) is 18.5. The molecule has 0 N–H and O–H groups in total. The summed E-state index contributed by atoms with van der Waals surface area (Å²) in [5.74, 6) is 0.506. The first kappa shape index (κ1) is 21.9. The molecule has 1 aliphatic carbocycles. The van der Waals surface area contributed by atoms with Gasteiger partial charge in [-0.1, -0.05) is 78.5 Å². The van der Waals surface area contributed by atoms with Crippen LogP contribution in [0.2, 0.25) is 0 Å². The second kappa shape index (κ2) is 10.8. The summed E-state index contributed by atoms with van der Waals surface area (Å²) in [6.07, 6.45) is 8.78. The zero-order valence-corrected chi connectivity index (χ0v) is 17.5. The Kier molecular flexibility index (Phi) is 7.66. The van der Waals surface area contributed by atoms with E-state index < -0.39 is 0 Å². The van der Waals surface area contributed by atoms with Crippen LogP contribution in [-0.4, -0.2) is 5.78 Å². The van der Waals surface area contributed by atoms with E-state index in [1.165, 1.54) is 0 Å². The first-order valence-electron chi connectivity index (χ1n) is 10.4. The molecule has 31 heavy (non-hydrogen) atoms. The van der Waals surface area contributed by atoms with Gasteiger partial charge in [0.25, 0.3) is 0 Å². The lowest BCUT2D eigenvalue weighted by atomic mass is 9.78. The fraction of sp³-hybridized carbons (Fsp3) is 0.292. The first-order valence-corrected chi connectivity index (χ1v) is 10.4. The monoisotopic (exact) mass is 412 g/mol. The van der Waals surface area contributed by atoms with E-state index >= 15 is 0 Å². The number of benzene rings is 2. The Hall–Kier alpha value is -3.79. The quantitative estimate of drug-likeness (QED) is 0.194. The van der Waals surface area contributed by atoms with Crippen LogP contribution < -0.4 is 0 Å². The van der Waals surface area contributed by atoms with Crippen molar-refractivity contribution in [2.45, 2.75) is 39.0 Å². The van der Waals surface area contributed by atoms with Crippen LogP contribution in [0.4, 0.5) is 11.4 Å². The number of hydrogen-bond acceptors (Lipinski definition) is 3. The van der Waals surface area contributed by atoms with Gasteiger partial charge in [-0.25, -0.2) is 0 Å². The minimum Gasteiger partial charge on any atom is -0.289 e. The molecule has 1 saturated carbocycles. The van der Waals surface area contributed by atoms with Crippen molar-refractivity contribution in [2.24, 2.45) is 16.1 Å². The van der Waals surface area contributed by atoms with Gasteiger partial charge in [-0.2, -0.15) is 0 Å². The van der Waals surface area contributed by atoms with Crippen LogP contribution in [0, 0.1) is 5.92 Å². The molecule has 0 radical (unpaired) electrons. The minimum absolute atomic E-state index is 0.0750. The Morgan fingerprint density at radius 3 is 1.71 bits per heavy atom. The molecule has 7 heteroatoms. The van der Waals surface area contributed by atoms with Crippen LogP contribution in [0.1, 0.15) is 50.2 Å². The second-order valence-corrected chi connectivity index (χ2v) is 7.65. The molecule has 156 valence electrons. The number of carbonyl (C=O) groups is 1. The van der Waals surface area contributed by atoms with Gasteiger partial charge in [0.2, 0.25) is 0 Å². The van der Waals surface area contributed by atoms with Crippen molar-refractivity contribution in [3.63, 3.8) is 0 Å². The SMILES string of the molecule is CCCCC1CC(=Cc2ccc(N=[N+]=[N-])cc2)C(=O)C(=Cc2ccc(N=[N+]=[N-])cc2)C1. The lowest BCUT2D eigenvalue weighted by Gasteiger charge is -2.26. The summed E-state index contributed by atoms with van der Waals surface area (Å²) in [4.78, 5) is 18.8. The number of nitrogens with zero attached hydrogens (tertiary/aromatic N) is 6.